The molecule has 82 valence electrons. The first-order chi connectivity index (χ1) is 7.42. The maximum Gasteiger partial charge on any atom is 0.150 e. The highest BCUT2D eigenvalue weighted by molar-refractivity contribution is 4.94. The average Bonchev–Trinajstić information content (AvgIpc) is 2.93. The Morgan fingerprint density at radius 1 is 1.40 bits per heavy atom. The largest absolute Gasteiger partial charge is 0.360 e. The number of nitrogens with zero attached hydrogens (tertiary/aromatic N) is 1. The minimum absolute atomic E-state index is 0.827. The molecular formula is C12H18N2O. The molecule has 2 aliphatic rings. The molecule has 3 atom stereocenters. The third-order valence-corrected chi connectivity index (χ3v) is 4.08. The highest BCUT2D eigenvalue weighted by atomic mass is 16.5. The zero-order valence-corrected chi connectivity index (χ0v) is 8.98. The summed E-state index contributed by atoms with van der Waals surface area (Å²) < 4.78 is 5.05. The van der Waals surface area contributed by atoms with Gasteiger partial charge in [0.2, 0.25) is 0 Å². The molecule has 15 heavy (non-hydrogen) atoms. The van der Waals surface area contributed by atoms with Gasteiger partial charge >= 0.3 is 0 Å². The molecule has 1 heterocycles. The van der Waals surface area contributed by atoms with Crippen molar-refractivity contribution in [1.82, 2.24) is 10.5 Å². The van der Waals surface area contributed by atoms with Crippen molar-refractivity contribution in [3.63, 3.8) is 0 Å². The predicted molar refractivity (Wildman–Crippen MR) is 57.1 cm³/mol. The van der Waals surface area contributed by atoms with Gasteiger partial charge in [-0.25, -0.2) is 0 Å². The molecule has 1 N–H and O–H groups in total. The highest BCUT2D eigenvalue weighted by Crippen LogP contribution is 2.47. The van der Waals surface area contributed by atoms with Crippen molar-refractivity contribution in [3.8, 4) is 0 Å². The molecule has 3 nitrogen and oxygen atoms in total. The van der Waals surface area contributed by atoms with Crippen molar-refractivity contribution in [1.29, 1.82) is 0 Å². The van der Waals surface area contributed by atoms with Crippen LogP contribution in [-0.4, -0.2) is 11.7 Å². The van der Waals surface area contributed by atoms with Gasteiger partial charge in [0.15, 0.2) is 0 Å². The highest BCUT2D eigenvalue weighted by Gasteiger charge is 2.38. The van der Waals surface area contributed by atoms with Gasteiger partial charge < -0.3 is 9.84 Å². The van der Waals surface area contributed by atoms with E-state index in [1.54, 1.807) is 6.20 Å². The van der Waals surface area contributed by atoms with Gasteiger partial charge in [-0.2, -0.15) is 0 Å². The fraction of sp³-hybridized carbons (Fsp3) is 0.750. The van der Waals surface area contributed by atoms with Crippen LogP contribution in [0.3, 0.4) is 0 Å². The minimum Gasteiger partial charge on any atom is -0.360 e. The first-order valence-corrected chi connectivity index (χ1v) is 6.02. The summed E-state index contributed by atoms with van der Waals surface area (Å²) in [6, 6.07) is 1.92. The summed E-state index contributed by atoms with van der Waals surface area (Å²) in [5, 5.41) is 7.18. The molecule has 0 saturated heterocycles. The fourth-order valence-electron chi connectivity index (χ4n) is 3.34. The number of nitrogens with one attached hydrogen (secondary N) is 1. The van der Waals surface area contributed by atoms with Crippen molar-refractivity contribution in [2.24, 2.45) is 17.8 Å². The molecule has 0 spiro atoms. The topological polar surface area (TPSA) is 38.1 Å². The van der Waals surface area contributed by atoms with E-state index in [4.69, 9.17) is 4.52 Å². The Labute approximate surface area is 90.2 Å². The Hall–Kier alpha value is -0.830. The lowest BCUT2D eigenvalue weighted by atomic mass is 9.89. The number of rotatable bonds is 4. The lowest BCUT2D eigenvalue weighted by molar-refractivity contribution is 0.308. The molecule has 2 bridgehead atoms. The molecule has 3 heteroatoms. The Balaban J connectivity index is 1.43. The van der Waals surface area contributed by atoms with Crippen LogP contribution >= 0.6 is 0 Å². The second kappa shape index (κ2) is 3.97. The second-order valence-electron chi connectivity index (χ2n) is 5.04. The van der Waals surface area contributed by atoms with E-state index >= 15 is 0 Å². The van der Waals surface area contributed by atoms with Gasteiger partial charge in [0.1, 0.15) is 5.76 Å². The third-order valence-electron chi connectivity index (χ3n) is 4.08. The van der Waals surface area contributed by atoms with E-state index < -0.39 is 0 Å². The van der Waals surface area contributed by atoms with Gasteiger partial charge in [-0.3, -0.25) is 0 Å². The van der Waals surface area contributed by atoms with Crippen LogP contribution in [-0.2, 0) is 6.54 Å². The standard InChI is InChI=1S/C12H18N2O/c1-2-10-5-9(1)6-11(10)7-13-8-12-3-4-14-15-12/h3-4,9-11,13H,1-2,5-8H2. The van der Waals surface area contributed by atoms with Crippen LogP contribution in [0.2, 0.25) is 0 Å². The quantitative estimate of drug-likeness (QED) is 0.820. The van der Waals surface area contributed by atoms with Crippen LogP contribution < -0.4 is 5.32 Å². The SMILES string of the molecule is c1cc(CNCC2CC3CCC2C3)on1. The summed E-state index contributed by atoms with van der Waals surface area (Å²) in [6.45, 7) is 1.98. The van der Waals surface area contributed by atoms with Crippen LogP contribution in [0.1, 0.15) is 31.4 Å². The first kappa shape index (κ1) is 9.40. The molecule has 2 fully saturated rings. The molecule has 1 aromatic rings. The summed E-state index contributed by atoms with van der Waals surface area (Å²) in [5.74, 6) is 3.93. The summed E-state index contributed by atoms with van der Waals surface area (Å²) >= 11 is 0. The number of fused-ring (bicyclic) bond motifs is 2. The summed E-state index contributed by atoms with van der Waals surface area (Å²) in [5.41, 5.74) is 0. The zero-order valence-electron chi connectivity index (χ0n) is 8.98. The number of hydrogen-bond acceptors (Lipinski definition) is 3. The van der Waals surface area contributed by atoms with Gasteiger partial charge in [-0.05, 0) is 43.6 Å². The normalized spacial score (nSPS) is 33.7. The zero-order chi connectivity index (χ0) is 10.1. The maximum absolute atomic E-state index is 5.05. The van der Waals surface area contributed by atoms with E-state index in [0.29, 0.717) is 0 Å². The molecule has 2 aliphatic carbocycles. The maximum atomic E-state index is 5.05. The molecule has 3 rings (SSSR count). The first-order valence-electron chi connectivity index (χ1n) is 6.02. The molecule has 3 unspecified atom stereocenters. The van der Waals surface area contributed by atoms with Crippen LogP contribution in [0.15, 0.2) is 16.8 Å². The predicted octanol–water partition coefficient (Wildman–Crippen LogP) is 2.20. The lowest BCUT2D eigenvalue weighted by Gasteiger charge is -2.21. The molecule has 0 amide bonds. The van der Waals surface area contributed by atoms with E-state index in [0.717, 1.165) is 36.6 Å². The molecule has 0 radical (unpaired) electrons. The average molecular weight is 206 g/mol. The van der Waals surface area contributed by atoms with Crippen molar-refractivity contribution in [3.05, 3.63) is 18.0 Å². The van der Waals surface area contributed by atoms with Crippen LogP contribution in [0, 0.1) is 17.8 Å². The van der Waals surface area contributed by atoms with Crippen LogP contribution in [0.25, 0.3) is 0 Å². The second-order valence-corrected chi connectivity index (χ2v) is 5.04. The van der Waals surface area contributed by atoms with Crippen molar-refractivity contribution in [2.75, 3.05) is 6.54 Å². The molecular weight excluding hydrogens is 188 g/mol. The lowest BCUT2D eigenvalue weighted by Crippen LogP contribution is -2.26. The molecule has 0 aromatic carbocycles. The smallest absolute Gasteiger partial charge is 0.150 e. The van der Waals surface area contributed by atoms with Crippen molar-refractivity contribution in [2.45, 2.75) is 32.2 Å². The molecule has 1 aromatic heterocycles. The van der Waals surface area contributed by atoms with Gasteiger partial charge in [-0.1, -0.05) is 11.6 Å². The van der Waals surface area contributed by atoms with E-state index in [1.807, 2.05) is 6.07 Å². The molecule has 2 saturated carbocycles. The Kier molecular flexibility index (Phi) is 2.49. The minimum atomic E-state index is 0.827. The summed E-state index contributed by atoms with van der Waals surface area (Å²) in [4.78, 5) is 0. The van der Waals surface area contributed by atoms with E-state index in [1.165, 1.54) is 25.7 Å². The van der Waals surface area contributed by atoms with Crippen LogP contribution in [0.4, 0.5) is 0 Å². The van der Waals surface area contributed by atoms with Crippen molar-refractivity contribution >= 4 is 0 Å². The van der Waals surface area contributed by atoms with E-state index in [2.05, 4.69) is 10.5 Å². The van der Waals surface area contributed by atoms with Crippen molar-refractivity contribution < 1.29 is 4.52 Å². The third kappa shape index (κ3) is 1.93. The van der Waals surface area contributed by atoms with Crippen LogP contribution in [0.5, 0.6) is 0 Å². The van der Waals surface area contributed by atoms with E-state index in [-0.39, 0.29) is 0 Å². The Morgan fingerprint density at radius 3 is 3.07 bits per heavy atom. The Morgan fingerprint density at radius 2 is 2.40 bits per heavy atom. The molecule has 0 aliphatic heterocycles. The van der Waals surface area contributed by atoms with Gasteiger partial charge in [0.25, 0.3) is 0 Å². The summed E-state index contributed by atoms with van der Waals surface area (Å²) in [6.07, 6.45) is 7.61. The number of hydrogen-bond donors (Lipinski definition) is 1. The van der Waals surface area contributed by atoms with Gasteiger partial charge in [-0.15, -0.1) is 0 Å². The summed E-state index contributed by atoms with van der Waals surface area (Å²) in [7, 11) is 0. The fourth-order valence-corrected chi connectivity index (χ4v) is 3.34. The number of aromatic nitrogens is 1. The van der Waals surface area contributed by atoms with E-state index in [9.17, 15) is 0 Å². The monoisotopic (exact) mass is 206 g/mol. The van der Waals surface area contributed by atoms with Gasteiger partial charge in [0, 0.05) is 6.07 Å². The Bertz CT molecular complexity index is 309. The van der Waals surface area contributed by atoms with Gasteiger partial charge in [0.05, 0.1) is 12.7 Å².